The van der Waals surface area contributed by atoms with Crippen LogP contribution in [0.5, 0.6) is 0 Å². The van der Waals surface area contributed by atoms with Gasteiger partial charge in [-0.3, -0.25) is 10.2 Å². The summed E-state index contributed by atoms with van der Waals surface area (Å²) >= 11 is 8.02. The predicted molar refractivity (Wildman–Crippen MR) is 73.5 cm³/mol. The van der Waals surface area contributed by atoms with E-state index in [0.29, 0.717) is 23.4 Å². The largest absolute Gasteiger partial charge is 0.300 e. The van der Waals surface area contributed by atoms with Gasteiger partial charge in [-0.2, -0.15) is 5.26 Å². The van der Waals surface area contributed by atoms with Gasteiger partial charge < -0.3 is 0 Å². The van der Waals surface area contributed by atoms with E-state index in [9.17, 15) is 4.79 Å². The highest BCUT2D eigenvalue weighted by molar-refractivity contribution is 14.1. The molecule has 0 atom stereocenters. The first-order chi connectivity index (χ1) is 8.00. The fourth-order valence-corrected chi connectivity index (χ4v) is 2.26. The molecule has 3 nitrogen and oxygen atoms in total. The Labute approximate surface area is 117 Å². The second-order valence-corrected chi connectivity index (χ2v) is 5.68. The highest BCUT2D eigenvalue weighted by Crippen LogP contribution is 2.46. The first-order valence-electron chi connectivity index (χ1n) is 5.00. The lowest BCUT2D eigenvalue weighted by molar-refractivity contribution is 0.106. The fraction of sp³-hybridized carbons (Fsp3) is 0.250. The van der Waals surface area contributed by atoms with Crippen LogP contribution in [0.1, 0.15) is 23.2 Å². The first-order valence-corrected chi connectivity index (χ1v) is 6.46. The van der Waals surface area contributed by atoms with E-state index in [1.165, 1.54) is 0 Å². The lowest BCUT2D eigenvalue weighted by Crippen LogP contribution is -2.23. The van der Waals surface area contributed by atoms with Crippen molar-refractivity contribution in [3.8, 4) is 6.07 Å². The summed E-state index contributed by atoms with van der Waals surface area (Å²) in [5.74, 6) is -0.437. The average molecular weight is 359 g/mol. The van der Waals surface area contributed by atoms with Gasteiger partial charge in [-0.1, -0.05) is 11.6 Å². The highest BCUT2D eigenvalue weighted by atomic mass is 127. The van der Waals surface area contributed by atoms with Crippen molar-refractivity contribution in [2.75, 3.05) is 0 Å². The standard InChI is InChI=1S/C12H8ClIN2O/c13-9-2-1-7(14)5-8(9)10(17)11(16)12(6-15)3-4-12/h1-2,5,16H,3-4H2. The topological polar surface area (TPSA) is 64.7 Å². The van der Waals surface area contributed by atoms with Crippen LogP contribution in [0.3, 0.4) is 0 Å². The van der Waals surface area contributed by atoms with Crippen molar-refractivity contribution >= 4 is 45.7 Å². The number of Topliss-reactive ketones (excluding diaryl/α,β-unsaturated/α-hetero) is 1. The fourth-order valence-electron chi connectivity index (χ4n) is 1.57. The SMILES string of the molecule is N#CC1(C(=N)C(=O)c2cc(I)ccc2Cl)CC1. The van der Waals surface area contributed by atoms with Gasteiger partial charge in [0.1, 0.15) is 5.41 Å². The Kier molecular flexibility index (Phi) is 3.23. The second kappa shape index (κ2) is 4.39. The van der Waals surface area contributed by atoms with Crippen LogP contribution in [0.25, 0.3) is 0 Å². The zero-order chi connectivity index (χ0) is 12.6. The van der Waals surface area contributed by atoms with Crippen molar-refractivity contribution in [3.05, 3.63) is 32.4 Å². The molecule has 5 heteroatoms. The molecule has 0 spiro atoms. The number of ketones is 1. The van der Waals surface area contributed by atoms with Gasteiger partial charge in [0.2, 0.25) is 5.78 Å². The molecule has 86 valence electrons. The van der Waals surface area contributed by atoms with E-state index in [2.05, 4.69) is 22.6 Å². The first kappa shape index (κ1) is 12.5. The van der Waals surface area contributed by atoms with Crippen molar-refractivity contribution in [3.63, 3.8) is 0 Å². The van der Waals surface area contributed by atoms with Crippen LogP contribution in [0.4, 0.5) is 0 Å². The number of hydrogen-bond acceptors (Lipinski definition) is 3. The summed E-state index contributed by atoms with van der Waals surface area (Å²) in [6, 6.07) is 7.12. The van der Waals surface area contributed by atoms with Gasteiger partial charge in [-0.05, 0) is 53.6 Å². The molecule has 1 aliphatic carbocycles. The van der Waals surface area contributed by atoms with Gasteiger partial charge in [0, 0.05) is 9.13 Å². The van der Waals surface area contributed by atoms with Gasteiger partial charge in [-0.25, -0.2) is 0 Å². The van der Waals surface area contributed by atoms with E-state index in [1.54, 1.807) is 18.2 Å². The van der Waals surface area contributed by atoms with E-state index in [1.807, 2.05) is 6.07 Å². The van der Waals surface area contributed by atoms with E-state index in [-0.39, 0.29) is 5.71 Å². The summed E-state index contributed by atoms with van der Waals surface area (Å²) in [4.78, 5) is 12.1. The lowest BCUT2D eigenvalue weighted by atomic mass is 9.94. The van der Waals surface area contributed by atoms with Gasteiger partial charge in [-0.15, -0.1) is 0 Å². The van der Waals surface area contributed by atoms with Crippen LogP contribution in [0, 0.1) is 25.7 Å². The van der Waals surface area contributed by atoms with Crippen LogP contribution < -0.4 is 0 Å². The van der Waals surface area contributed by atoms with Gasteiger partial charge >= 0.3 is 0 Å². The van der Waals surface area contributed by atoms with Gasteiger partial charge in [0.05, 0.1) is 16.8 Å². The maximum Gasteiger partial charge on any atom is 0.209 e. The second-order valence-electron chi connectivity index (χ2n) is 4.02. The van der Waals surface area contributed by atoms with Crippen molar-refractivity contribution in [2.24, 2.45) is 5.41 Å². The highest BCUT2D eigenvalue weighted by Gasteiger charge is 2.50. The molecule has 1 aliphatic rings. The molecule has 0 radical (unpaired) electrons. The Hall–Kier alpha value is -0.930. The minimum absolute atomic E-state index is 0.135. The maximum absolute atomic E-state index is 12.1. The minimum Gasteiger partial charge on any atom is -0.300 e. The molecule has 0 saturated heterocycles. The zero-order valence-electron chi connectivity index (χ0n) is 8.76. The number of nitrogens with zero attached hydrogens (tertiary/aromatic N) is 1. The molecule has 0 amide bonds. The van der Waals surface area contributed by atoms with E-state index < -0.39 is 11.2 Å². The number of halogens is 2. The Morgan fingerprint density at radius 2 is 2.18 bits per heavy atom. The summed E-state index contributed by atoms with van der Waals surface area (Å²) in [6.07, 6.45) is 1.19. The van der Waals surface area contributed by atoms with Crippen LogP contribution in [-0.2, 0) is 0 Å². The average Bonchev–Trinajstić information content (AvgIpc) is 3.11. The molecule has 0 aromatic heterocycles. The molecule has 2 rings (SSSR count). The quantitative estimate of drug-likeness (QED) is 0.511. The smallest absolute Gasteiger partial charge is 0.209 e. The molecule has 1 N–H and O–H groups in total. The van der Waals surface area contributed by atoms with E-state index in [4.69, 9.17) is 22.3 Å². The van der Waals surface area contributed by atoms with Crippen LogP contribution >= 0.6 is 34.2 Å². The number of nitrogens with one attached hydrogen (secondary N) is 1. The summed E-state index contributed by atoms with van der Waals surface area (Å²) in [5, 5.41) is 17.1. The number of hydrogen-bond donors (Lipinski definition) is 1. The minimum atomic E-state index is -0.859. The number of rotatable bonds is 3. The lowest BCUT2D eigenvalue weighted by Gasteiger charge is -2.08. The number of benzene rings is 1. The zero-order valence-corrected chi connectivity index (χ0v) is 11.7. The molecule has 0 aliphatic heterocycles. The summed E-state index contributed by atoms with van der Waals surface area (Å²) in [6.45, 7) is 0. The van der Waals surface area contributed by atoms with Crippen LogP contribution in [0.15, 0.2) is 18.2 Å². The van der Waals surface area contributed by atoms with Crippen molar-refractivity contribution in [1.82, 2.24) is 0 Å². The molecule has 0 bridgehead atoms. The summed E-state index contributed by atoms with van der Waals surface area (Å²) in [5.41, 5.74) is -0.684. The molecular weight excluding hydrogens is 351 g/mol. The molecule has 0 heterocycles. The molecule has 17 heavy (non-hydrogen) atoms. The molecule has 1 aromatic carbocycles. The third-order valence-corrected chi connectivity index (χ3v) is 3.84. The van der Waals surface area contributed by atoms with Crippen molar-refractivity contribution in [1.29, 1.82) is 10.7 Å². The Morgan fingerprint density at radius 3 is 2.71 bits per heavy atom. The molecular formula is C12H8ClIN2O. The van der Waals surface area contributed by atoms with Crippen molar-refractivity contribution < 1.29 is 4.79 Å². The normalized spacial score (nSPS) is 16.1. The molecule has 1 fully saturated rings. The van der Waals surface area contributed by atoms with E-state index in [0.717, 1.165) is 3.57 Å². The Bertz CT molecular complexity index is 558. The number of carbonyl (C=O) groups is 1. The maximum atomic E-state index is 12.1. The summed E-state index contributed by atoms with van der Waals surface area (Å²) < 4.78 is 0.880. The van der Waals surface area contributed by atoms with E-state index >= 15 is 0 Å². The molecule has 1 aromatic rings. The van der Waals surface area contributed by atoms with Gasteiger partial charge in [0.15, 0.2) is 0 Å². The Morgan fingerprint density at radius 1 is 1.53 bits per heavy atom. The monoisotopic (exact) mass is 358 g/mol. The third-order valence-electron chi connectivity index (χ3n) is 2.84. The molecule has 1 saturated carbocycles. The van der Waals surface area contributed by atoms with Crippen LogP contribution in [-0.4, -0.2) is 11.5 Å². The van der Waals surface area contributed by atoms with Crippen LogP contribution in [0.2, 0.25) is 5.02 Å². The number of carbonyl (C=O) groups excluding carboxylic acids is 1. The number of nitriles is 1. The van der Waals surface area contributed by atoms with Crippen molar-refractivity contribution in [2.45, 2.75) is 12.8 Å². The predicted octanol–water partition coefficient (Wildman–Crippen LogP) is 3.45. The summed E-state index contributed by atoms with van der Waals surface area (Å²) in [7, 11) is 0. The Balaban J connectivity index is 2.36. The third kappa shape index (κ3) is 2.22. The van der Waals surface area contributed by atoms with Gasteiger partial charge in [0.25, 0.3) is 0 Å². The molecule has 0 unspecified atom stereocenters.